The Morgan fingerprint density at radius 1 is 0.969 bits per heavy atom. The quantitative estimate of drug-likeness (QED) is 0.252. The molecule has 0 bridgehead atoms. The zero-order valence-corrected chi connectivity index (χ0v) is 20.6. The molecule has 0 unspecified atom stereocenters. The fourth-order valence-corrected chi connectivity index (χ4v) is 3.62. The van der Waals surface area contributed by atoms with Crippen molar-refractivity contribution in [3.63, 3.8) is 0 Å². The van der Waals surface area contributed by atoms with Crippen LogP contribution in [0.2, 0.25) is 0 Å². The van der Waals surface area contributed by atoms with Crippen molar-refractivity contribution in [1.82, 2.24) is 0 Å². The number of halogens is 1. The number of aryl methyl sites for hydroxylation is 1. The number of hydrogen-bond acceptors (Lipinski definition) is 4. The topological polar surface area (TPSA) is 78.1 Å². The normalized spacial score (nSPS) is 12.8. The minimum Gasteiger partial charge on any atom is -0.493 e. The van der Waals surface area contributed by atoms with Crippen molar-refractivity contribution in [2.24, 2.45) is 10.7 Å². The van der Waals surface area contributed by atoms with Crippen molar-refractivity contribution in [1.29, 1.82) is 0 Å². The van der Waals surface area contributed by atoms with Gasteiger partial charge in [-0.3, -0.25) is 0 Å². The maximum absolute atomic E-state index is 6.06. The Morgan fingerprint density at radius 3 is 2.47 bits per heavy atom. The summed E-state index contributed by atoms with van der Waals surface area (Å²) in [4.78, 5) is 4.44. The molecule has 1 heterocycles. The summed E-state index contributed by atoms with van der Waals surface area (Å²) in [5.41, 5.74) is 11.6. The second-order valence-corrected chi connectivity index (χ2v) is 7.37. The van der Waals surface area contributed by atoms with Crippen LogP contribution in [-0.2, 0) is 13.0 Å². The Kier molecular flexibility index (Phi) is 8.21. The number of hydrogen-bond donors (Lipinski definition) is 2. The number of nitrogens with zero attached hydrogens (tertiary/aromatic N) is 1. The molecule has 3 aromatic rings. The van der Waals surface area contributed by atoms with Gasteiger partial charge in [0.05, 0.1) is 27.4 Å². The van der Waals surface area contributed by atoms with Crippen LogP contribution in [0.4, 0.5) is 5.69 Å². The Bertz CT molecular complexity index is 1080. The maximum Gasteiger partial charge on any atom is 0.193 e. The fourth-order valence-electron chi connectivity index (χ4n) is 3.62. The van der Waals surface area contributed by atoms with Gasteiger partial charge in [-0.15, -0.1) is 24.0 Å². The molecule has 0 aliphatic carbocycles. The van der Waals surface area contributed by atoms with Crippen LogP contribution in [0.5, 0.6) is 17.2 Å². The van der Waals surface area contributed by atoms with Crippen molar-refractivity contribution >= 4 is 35.6 Å². The molecule has 1 aliphatic rings. The Balaban J connectivity index is 0.00000289. The van der Waals surface area contributed by atoms with Crippen molar-refractivity contribution < 1.29 is 14.2 Å². The first-order valence-electron chi connectivity index (χ1n) is 10.3. The lowest BCUT2D eigenvalue weighted by molar-refractivity contribution is 0.288. The molecule has 32 heavy (non-hydrogen) atoms. The van der Waals surface area contributed by atoms with Crippen molar-refractivity contribution in [3.05, 3.63) is 71.8 Å². The number of aliphatic imine (C=N–C) groups is 1. The highest BCUT2D eigenvalue weighted by atomic mass is 127. The second kappa shape index (κ2) is 11.1. The molecular weight excluding hydrogens is 517 g/mol. The molecule has 4 rings (SSSR count). The van der Waals surface area contributed by atoms with E-state index in [1.165, 1.54) is 16.7 Å². The number of nitrogens with one attached hydrogen (secondary N) is 1. The molecule has 7 heteroatoms. The number of guanidine groups is 1. The zero-order valence-electron chi connectivity index (χ0n) is 18.3. The Labute approximate surface area is 205 Å². The van der Waals surface area contributed by atoms with Gasteiger partial charge in [0.15, 0.2) is 17.5 Å². The highest BCUT2D eigenvalue weighted by Gasteiger charge is 2.11. The van der Waals surface area contributed by atoms with E-state index in [0.717, 1.165) is 36.4 Å². The number of nitrogens with two attached hydrogens (primary N) is 1. The molecule has 0 atom stereocenters. The van der Waals surface area contributed by atoms with E-state index < -0.39 is 0 Å². The lowest BCUT2D eigenvalue weighted by Gasteiger charge is -2.18. The monoisotopic (exact) mass is 545 g/mol. The first kappa shape index (κ1) is 23.7. The van der Waals surface area contributed by atoms with Gasteiger partial charge in [-0.2, -0.15) is 0 Å². The summed E-state index contributed by atoms with van der Waals surface area (Å²) in [6.45, 7) is 1.30. The fraction of sp³-hybridized carbons (Fsp3) is 0.240. The van der Waals surface area contributed by atoms with E-state index in [0.29, 0.717) is 24.0 Å². The lowest BCUT2D eigenvalue weighted by Crippen LogP contribution is -2.22. The Hall–Kier alpha value is -2.94. The third-order valence-corrected chi connectivity index (χ3v) is 5.28. The first-order valence-corrected chi connectivity index (χ1v) is 10.3. The number of ether oxygens (including phenoxy) is 3. The minimum absolute atomic E-state index is 0. The smallest absolute Gasteiger partial charge is 0.193 e. The highest BCUT2D eigenvalue weighted by molar-refractivity contribution is 14.0. The molecule has 0 spiro atoms. The van der Waals surface area contributed by atoms with E-state index >= 15 is 0 Å². The van der Waals surface area contributed by atoms with Gasteiger partial charge in [-0.1, -0.05) is 30.3 Å². The summed E-state index contributed by atoms with van der Waals surface area (Å²) in [5.74, 6) is 2.64. The molecule has 0 aromatic heterocycles. The summed E-state index contributed by atoms with van der Waals surface area (Å²) in [6.07, 6.45) is 2.15. The first-order chi connectivity index (χ1) is 15.2. The second-order valence-electron chi connectivity index (χ2n) is 7.37. The van der Waals surface area contributed by atoms with Crippen molar-refractivity contribution in [3.8, 4) is 28.4 Å². The molecule has 1 aliphatic heterocycles. The number of rotatable bonds is 6. The number of anilines is 1. The molecular formula is C25H28IN3O3. The molecule has 3 aromatic carbocycles. The van der Waals surface area contributed by atoms with Crippen LogP contribution in [0.25, 0.3) is 11.1 Å². The van der Waals surface area contributed by atoms with Crippen LogP contribution in [0.15, 0.2) is 65.7 Å². The summed E-state index contributed by atoms with van der Waals surface area (Å²) >= 11 is 0. The third kappa shape index (κ3) is 5.64. The van der Waals surface area contributed by atoms with Gasteiger partial charge in [0.25, 0.3) is 0 Å². The lowest BCUT2D eigenvalue weighted by atomic mass is 9.98. The molecule has 6 nitrogen and oxygen atoms in total. The molecule has 0 saturated heterocycles. The molecule has 3 N–H and O–H groups in total. The molecule has 0 amide bonds. The van der Waals surface area contributed by atoms with Crippen LogP contribution in [0, 0.1) is 0 Å². The maximum atomic E-state index is 6.06. The van der Waals surface area contributed by atoms with Gasteiger partial charge >= 0.3 is 0 Å². The van der Waals surface area contributed by atoms with E-state index in [-0.39, 0.29) is 24.0 Å². The minimum atomic E-state index is 0. The van der Waals surface area contributed by atoms with Gasteiger partial charge in [-0.05, 0) is 59.4 Å². The summed E-state index contributed by atoms with van der Waals surface area (Å²) < 4.78 is 16.3. The van der Waals surface area contributed by atoms with E-state index in [2.05, 4.69) is 52.8 Å². The van der Waals surface area contributed by atoms with Crippen molar-refractivity contribution in [2.75, 3.05) is 26.1 Å². The van der Waals surface area contributed by atoms with Crippen molar-refractivity contribution in [2.45, 2.75) is 19.4 Å². The number of benzene rings is 3. The molecule has 0 radical (unpaired) electrons. The molecule has 168 valence electrons. The average Bonchev–Trinajstić information content (AvgIpc) is 2.82. The predicted octanol–water partition coefficient (Wildman–Crippen LogP) is 5.24. The van der Waals surface area contributed by atoms with E-state index in [4.69, 9.17) is 19.9 Å². The third-order valence-electron chi connectivity index (χ3n) is 5.28. The van der Waals surface area contributed by atoms with Gasteiger partial charge in [0, 0.05) is 11.8 Å². The van der Waals surface area contributed by atoms with Crippen LogP contribution in [0.3, 0.4) is 0 Å². The van der Waals surface area contributed by atoms with E-state index in [9.17, 15) is 0 Å². The number of methoxy groups -OCH3 is 2. The van der Waals surface area contributed by atoms with Gasteiger partial charge < -0.3 is 25.3 Å². The van der Waals surface area contributed by atoms with Crippen LogP contribution < -0.4 is 25.3 Å². The molecule has 0 fully saturated rings. The summed E-state index contributed by atoms with van der Waals surface area (Å²) in [6, 6.07) is 20.3. The van der Waals surface area contributed by atoms with Crippen LogP contribution >= 0.6 is 24.0 Å². The van der Waals surface area contributed by atoms with Gasteiger partial charge in [0.1, 0.15) is 5.75 Å². The van der Waals surface area contributed by atoms with Crippen LogP contribution in [0.1, 0.15) is 17.5 Å². The van der Waals surface area contributed by atoms with E-state index in [1.807, 2.05) is 18.2 Å². The molecule has 0 saturated carbocycles. The van der Waals surface area contributed by atoms with E-state index in [1.54, 1.807) is 14.2 Å². The number of fused-ring (bicyclic) bond motifs is 1. The largest absolute Gasteiger partial charge is 0.493 e. The van der Waals surface area contributed by atoms with Gasteiger partial charge in [0.2, 0.25) is 0 Å². The standard InChI is InChI=1S/C25H27N3O3.HI/c1-29-23-12-10-21(15-24(23)30-2)28-25(26)27-16-17-5-7-18(8-6-17)19-9-11-22-20(14-19)4-3-13-31-22;/h5-12,14-15H,3-4,13,16H2,1-2H3,(H3,26,27,28);1H. The summed E-state index contributed by atoms with van der Waals surface area (Å²) in [7, 11) is 3.20. The predicted molar refractivity (Wildman–Crippen MR) is 140 cm³/mol. The summed E-state index contributed by atoms with van der Waals surface area (Å²) in [5, 5.41) is 3.08. The van der Waals surface area contributed by atoms with Crippen LogP contribution in [-0.4, -0.2) is 26.8 Å². The SMILES string of the molecule is COc1ccc(NC(N)=NCc2ccc(-c3ccc4c(c3)CCCO4)cc2)cc1OC.I. The highest BCUT2D eigenvalue weighted by Crippen LogP contribution is 2.31. The van der Waals surface area contributed by atoms with Gasteiger partial charge in [-0.25, -0.2) is 4.99 Å². The average molecular weight is 545 g/mol. The Morgan fingerprint density at radius 2 is 1.72 bits per heavy atom. The zero-order chi connectivity index (χ0) is 21.6.